The SMILES string of the molecule is CCC(C)(N=NC(C)(C)C)OC(=O)OOC(C)(C)C. The van der Waals surface area contributed by atoms with E-state index in [1.165, 1.54) is 0 Å². The fraction of sp³-hybridized carbons (Fsp3) is 0.923. The average Bonchev–Trinajstić information content (AvgIpc) is 2.22. The summed E-state index contributed by atoms with van der Waals surface area (Å²) in [5, 5.41) is 8.19. The highest BCUT2D eigenvalue weighted by molar-refractivity contribution is 5.59. The number of hydrogen-bond donors (Lipinski definition) is 0. The minimum Gasteiger partial charge on any atom is -0.402 e. The molecule has 6 heteroatoms. The zero-order chi connectivity index (χ0) is 15.3. The Morgan fingerprint density at radius 2 is 1.53 bits per heavy atom. The maximum absolute atomic E-state index is 11.5. The summed E-state index contributed by atoms with van der Waals surface area (Å²) in [6.45, 7) is 14.5. The van der Waals surface area contributed by atoms with E-state index in [0.717, 1.165) is 0 Å². The minimum atomic E-state index is -1.05. The smallest absolute Gasteiger partial charge is 0.402 e. The number of rotatable bonds is 4. The molecule has 1 atom stereocenters. The normalized spacial score (nSPS) is 16.2. The van der Waals surface area contributed by atoms with Crippen molar-refractivity contribution in [1.82, 2.24) is 0 Å². The predicted molar refractivity (Wildman–Crippen MR) is 71.7 cm³/mol. The van der Waals surface area contributed by atoms with E-state index in [1.54, 1.807) is 27.7 Å². The summed E-state index contributed by atoms with van der Waals surface area (Å²) in [5.74, 6) is 0. The van der Waals surface area contributed by atoms with Gasteiger partial charge in [-0.25, -0.2) is 4.79 Å². The molecular formula is C13H26N2O4. The van der Waals surface area contributed by atoms with Crippen LogP contribution in [0.2, 0.25) is 0 Å². The molecule has 6 nitrogen and oxygen atoms in total. The average molecular weight is 274 g/mol. The summed E-state index contributed by atoms with van der Waals surface area (Å²) in [4.78, 5) is 21.0. The van der Waals surface area contributed by atoms with E-state index in [0.29, 0.717) is 6.42 Å². The number of ether oxygens (including phenoxy) is 1. The molecule has 0 heterocycles. The number of azo groups is 1. The molecule has 0 aromatic heterocycles. The lowest BCUT2D eigenvalue weighted by molar-refractivity contribution is -0.316. The monoisotopic (exact) mass is 274 g/mol. The van der Waals surface area contributed by atoms with Gasteiger partial charge < -0.3 is 4.74 Å². The Bertz CT molecular complexity index is 329. The van der Waals surface area contributed by atoms with E-state index >= 15 is 0 Å². The Labute approximate surface area is 115 Å². The van der Waals surface area contributed by atoms with Crippen LogP contribution in [-0.4, -0.2) is 23.0 Å². The van der Waals surface area contributed by atoms with Crippen LogP contribution < -0.4 is 0 Å². The van der Waals surface area contributed by atoms with Gasteiger partial charge in [-0.2, -0.15) is 10.0 Å². The molecule has 0 bridgehead atoms. The van der Waals surface area contributed by atoms with Gasteiger partial charge in [0.2, 0.25) is 5.72 Å². The molecule has 0 aromatic rings. The van der Waals surface area contributed by atoms with Crippen molar-refractivity contribution < 1.29 is 19.3 Å². The van der Waals surface area contributed by atoms with Crippen LogP contribution in [0.5, 0.6) is 0 Å². The summed E-state index contributed by atoms with van der Waals surface area (Å²) in [7, 11) is 0. The molecule has 19 heavy (non-hydrogen) atoms. The van der Waals surface area contributed by atoms with Gasteiger partial charge in [0.15, 0.2) is 0 Å². The summed E-state index contributed by atoms with van der Waals surface area (Å²) in [5.41, 5.74) is -1.97. The van der Waals surface area contributed by atoms with Crippen LogP contribution >= 0.6 is 0 Å². The first kappa shape index (κ1) is 17.8. The van der Waals surface area contributed by atoms with Crippen molar-refractivity contribution in [3.63, 3.8) is 0 Å². The first-order valence-electron chi connectivity index (χ1n) is 6.40. The fourth-order valence-electron chi connectivity index (χ4n) is 0.775. The molecule has 0 radical (unpaired) electrons. The van der Waals surface area contributed by atoms with Gasteiger partial charge in [-0.3, -0.25) is 4.89 Å². The van der Waals surface area contributed by atoms with Gasteiger partial charge in [0.1, 0.15) is 5.60 Å². The molecule has 0 aliphatic carbocycles. The van der Waals surface area contributed by atoms with E-state index < -0.39 is 17.5 Å². The van der Waals surface area contributed by atoms with Gasteiger partial charge in [0.05, 0.1) is 5.54 Å². The van der Waals surface area contributed by atoms with Crippen LogP contribution in [0.15, 0.2) is 10.2 Å². The van der Waals surface area contributed by atoms with Crippen molar-refractivity contribution in [2.45, 2.75) is 78.7 Å². The number of hydrogen-bond acceptors (Lipinski definition) is 6. The minimum absolute atomic E-state index is 0.328. The molecule has 0 amide bonds. The Morgan fingerprint density at radius 3 is 1.89 bits per heavy atom. The van der Waals surface area contributed by atoms with Gasteiger partial charge in [-0.15, -0.1) is 5.11 Å². The Morgan fingerprint density at radius 1 is 1.00 bits per heavy atom. The van der Waals surface area contributed by atoms with Crippen molar-refractivity contribution >= 4 is 6.16 Å². The predicted octanol–water partition coefficient (Wildman–Crippen LogP) is 4.25. The first-order valence-corrected chi connectivity index (χ1v) is 6.40. The molecular weight excluding hydrogens is 248 g/mol. The first-order chi connectivity index (χ1) is 8.37. The van der Waals surface area contributed by atoms with Crippen molar-refractivity contribution in [2.24, 2.45) is 10.2 Å². The summed E-state index contributed by atoms with van der Waals surface area (Å²) < 4.78 is 5.13. The van der Waals surface area contributed by atoms with Crippen LogP contribution in [0.3, 0.4) is 0 Å². The number of carbonyl (C=O) groups is 1. The molecule has 0 fully saturated rings. The van der Waals surface area contributed by atoms with Crippen molar-refractivity contribution in [3.8, 4) is 0 Å². The fourth-order valence-corrected chi connectivity index (χ4v) is 0.775. The van der Waals surface area contributed by atoms with Crippen molar-refractivity contribution in [3.05, 3.63) is 0 Å². The Kier molecular flexibility index (Phi) is 5.93. The van der Waals surface area contributed by atoms with Crippen molar-refractivity contribution in [1.29, 1.82) is 0 Å². The quantitative estimate of drug-likeness (QED) is 0.332. The standard InChI is InChI=1S/C13H26N2O4/c1-9-13(8,15-14-11(2,3)4)17-10(16)18-19-12(5,6)7/h9H2,1-8H3. The molecule has 0 aromatic carbocycles. The second-order valence-electron chi connectivity index (χ2n) is 6.53. The highest BCUT2D eigenvalue weighted by Gasteiger charge is 2.29. The van der Waals surface area contributed by atoms with E-state index in [-0.39, 0.29) is 5.54 Å². The molecule has 112 valence electrons. The third kappa shape index (κ3) is 9.41. The summed E-state index contributed by atoms with van der Waals surface area (Å²) >= 11 is 0. The lowest BCUT2D eigenvalue weighted by Crippen LogP contribution is -2.31. The van der Waals surface area contributed by atoms with Crippen LogP contribution in [0.1, 0.15) is 61.8 Å². The maximum Gasteiger partial charge on any atom is 0.542 e. The summed E-state index contributed by atoms with van der Waals surface area (Å²) in [6, 6.07) is 0. The molecule has 0 spiro atoms. The van der Waals surface area contributed by atoms with Gasteiger partial charge in [0.25, 0.3) is 0 Å². The number of carbonyl (C=O) groups excluding carboxylic acids is 1. The van der Waals surface area contributed by atoms with Gasteiger partial charge in [-0.1, -0.05) is 6.92 Å². The van der Waals surface area contributed by atoms with Crippen LogP contribution in [0.25, 0.3) is 0 Å². The molecule has 0 rings (SSSR count). The largest absolute Gasteiger partial charge is 0.542 e. The molecule has 1 unspecified atom stereocenters. The van der Waals surface area contributed by atoms with E-state index in [2.05, 4.69) is 15.1 Å². The third-order valence-electron chi connectivity index (χ3n) is 1.88. The highest BCUT2D eigenvalue weighted by atomic mass is 17.2. The van der Waals surface area contributed by atoms with Crippen LogP contribution in [0.4, 0.5) is 4.79 Å². The van der Waals surface area contributed by atoms with Gasteiger partial charge in [-0.05, 0) is 48.5 Å². The third-order valence-corrected chi connectivity index (χ3v) is 1.88. The topological polar surface area (TPSA) is 69.5 Å². The van der Waals surface area contributed by atoms with Crippen LogP contribution in [-0.2, 0) is 14.5 Å². The summed E-state index contributed by atoms with van der Waals surface area (Å²) in [6.07, 6.45) is -0.441. The maximum atomic E-state index is 11.5. The highest BCUT2D eigenvalue weighted by Crippen LogP contribution is 2.21. The van der Waals surface area contributed by atoms with Crippen LogP contribution in [0, 0.1) is 0 Å². The zero-order valence-electron chi connectivity index (χ0n) is 13.2. The second-order valence-corrected chi connectivity index (χ2v) is 6.53. The molecule has 0 N–H and O–H groups in total. The van der Waals surface area contributed by atoms with Gasteiger partial charge in [0, 0.05) is 6.42 Å². The van der Waals surface area contributed by atoms with E-state index in [9.17, 15) is 4.79 Å². The zero-order valence-corrected chi connectivity index (χ0v) is 13.2. The number of nitrogens with zero attached hydrogens (tertiary/aromatic N) is 2. The van der Waals surface area contributed by atoms with Gasteiger partial charge >= 0.3 is 6.16 Å². The Balaban J connectivity index is 4.54. The lowest BCUT2D eigenvalue weighted by Gasteiger charge is -2.24. The molecule has 0 saturated carbocycles. The molecule has 0 aliphatic rings. The molecule has 0 saturated heterocycles. The molecule has 0 aliphatic heterocycles. The lowest BCUT2D eigenvalue weighted by atomic mass is 10.1. The Hall–Kier alpha value is -1.17. The van der Waals surface area contributed by atoms with Crippen molar-refractivity contribution in [2.75, 3.05) is 0 Å². The van der Waals surface area contributed by atoms with E-state index in [1.807, 2.05) is 27.7 Å². The second kappa shape index (κ2) is 6.32. The van der Waals surface area contributed by atoms with E-state index in [4.69, 9.17) is 9.62 Å².